The van der Waals surface area contributed by atoms with Crippen molar-refractivity contribution >= 4 is 111 Å². The molecule has 0 spiro atoms. The predicted octanol–water partition coefficient (Wildman–Crippen LogP) is 0.611. The second-order valence-electron chi connectivity index (χ2n) is 11.1. The molecule has 0 unspecified atom stereocenters. The van der Waals surface area contributed by atoms with E-state index in [1.807, 2.05) is 4.68 Å². The summed E-state index contributed by atoms with van der Waals surface area (Å²) >= 11 is 7.36. The van der Waals surface area contributed by atoms with Crippen LogP contribution < -0.4 is 27.3 Å². The highest BCUT2D eigenvalue weighted by atomic mass is 35.5. The lowest BCUT2D eigenvalue weighted by Crippen LogP contribution is -2.55. The van der Waals surface area contributed by atoms with Gasteiger partial charge in [-0.05, 0) is 50.9 Å². The summed E-state index contributed by atoms with van der Waals surface area (Å²) in [5.74, 6) is 0. The Hall–Kier alpha value is -4.08. The molecule has 0 saturated heterocycles. The smallest absolute Gasteiger partial charge is 0.139 e. The molecular formula is C33H26B5ClN2. The van der Waals surface area contributed by atoms with E-state index in [2.05, 4.69) is 136 Å². The minimum atomic E-state index is 0.692. The van der Waals surface area contributed by atoms with Crippen molar-refractivity contribution < 1.29 is 0 Å². The number of hydrogen-bond donors (Lipinski definition) is 0. The third kappa shape index (κ3) is 3.90. The van der Waals surface area contributed by atoms with Crippen LogP contribution in [0.5, 0.6) is 0 Å². The van der Waals surface area contributed by atoms with Crippen molar-refractivity contribution in [1.82, 2.24) is 9.78 Å². The number of rotatable bonds is 3. The molecule has 7 rings (SSSR count). The maximum Gasteiger partial charge on any atom is 0.139 e. The monoisotopic (exact) mass is 540 g/mol. The average Bonchev–Trinajstić information content (AvgIpc) is 3.38. The first-order valence-corrected chi connectivity index (χ1v) is 14.5. The summed E-state index contributed by atoms with van der Waals surface area (Å²) in [5.41, 5.74) is 12.8. The van der Waals surface area contributed by atoms with E-state index in [0.717, 1.165) is 33.4 Å². The highest BCUT2D eigenvalue weighted by molar-refractivity contribution is 6.68. The van der Waals surface area contributed by atoms with Crippen LogP contribution in [0.2, 0.25) is 5.02 Å². The molecule has 0 aliphatic carbocycles. The number of aromatic nitrogens is 2. The zero-order chi connectivity index (χ0) is 28.4. The molecule has 0 aliphatic rings. The minimum absolute atomic E-state index is 0.692. The van der Waals surface area contributed by atoms with Gasteiger partial charge in [0.2, 0.25) is 0 Å². The van der Waals surface area contributed by atoms with E-state index in [4.69, 9.17) is 16.7 Å². The normalized spacial score (nSPS) is 11.5. The molecule has 7 aromatic rings. The topological polar surface area (TPSA) is 17.8 Å². The van der Waals surface area contributed by atoms with Gasteiger partial charge in [-0.15, -0.1) is 16.4 Å². The molecule has 0 fully saturated rings. The summed E-state index contributed by atoms with van der Waals surface area (Å²) in [7, 11) is 11.1. The summed E-state index contributed by atoms with van der Waals surface area (Å²) in [6.07, 6.45) is 0. The van der Waals surface area contributed by atoms with Gasteiger partial charge in [-0.25, -0.2) is 4.68 Å². The van der Waals surface area contributed by atoms with Crippen molar-refractivity contribution in [3.63, 3.8) is 0 Å². The van der Waals surface area contributed by atoms with Crippen LogP contribution >= 0.6 is 11.6 Å². The zero-order valence-corrected chi connectivity index (χ0v) is 24.8. The fourth-order valence-corrected chi connectivity index (χ4v) is 6.77. The lowest BCUT2D eigenvalue weighted by Gasteiger charge is -2.19. The maximum absolute atomic E-state index is 7.36. The molecule has 1 heterocycles. The standard InChI is InChI=1S/C33H26B5ClN2/c34-27-26(28(35)30(37)31(38)29(27)36)33-22-12-5-6-14-24(22)41(40-33)25-15-7-13-21(32(25)39)23-16-17-8-1-2-9-18(17)19-10-3-4-11-20(19)23/h1-16H,34-38H2. The van der Waals surface area contributed by atoms with E-state index in [1.54, 1.807) is 0 Å². The Balaban J connectivity index is 1.50. The number of halogens is 1. The van der Waals surface area contributed by atoms with Crippen molar-refractivity contribution in [3.05, 3.63) is 102 Å². The third-order valence-electron chi connectivity index (χ3n) is 9.09. The highest BCUT2D eigenvalue weighted by Crippen LogP contribution is 2.40. The molecular weight excluding hydrogens is 514 g/mol. The van der Waals surface area contributed by atoms with Gasteiger partial charge >= 0.3 is 0 Å². The second-order valence-corrected chi connectivity index (χ2v) is 11.5. The van der Waals surface area contributed by atoms with E-state index in [-0.39, 0.29) is 0 Å². The van der Waals surface area contributed by atoms with Crippen LogP contribution in [0.25, 0.3) is 60.5 Å². The van der Waals surface area contributed by atoms with Crippen LogP contribution in [0.3, 0.4) is 0 Å². The summed E-state index contributed by atoms with van der Waals surface area (Å²) in [5, 5.41) is 12.0. The van der Waals surface area contributed by atoms with E-state index < -0.39 is 0 Å². The summed E-state index contributed by atoms with van der Waals surface area (Å²) < 4.78 is 2.03. The van der Waals surface area contributed by atoms with Gasteiger partial charge in [-0.2, -0.15) is 5.10 Å². The van der Waals surface area contributed by atoms with E-state index >= 15 is 0 Å². The van der Waals surface area contributed by atoms with Crippen LogP contribution in [-0.4, -0.2) is 49.0 Å². The molecule has 0 amide bonds. The Kier molecular flexibility index (Phi) is 6.17. The highest BCUT2D eigenvalue weighted by Gasteiger charge is 2.21. The van der Waals surface area contributed by atoms with Crippen molar-refractivity contribution in [2.75, 3.05) is 0 Å². The van der Waals surface area contributed by atoms with Crippen LogP contribution in [0.15, 0.2) is 97.1 Å². The molecule has 190 valence electrons. The maximum atomic E-state index is 7.36. The lowest BCUT2D eigenvalue weighted by molar-refractivity contribution is 0.916. The van der Waals surface area contributed by atoms with Gasteiger partial charge < -0.3 is 0 Å². The molecule has 0 N–H and O–H groups in total. The third-order valence-corrected chi connectivity index (χ3v) is 9.49. The molecule has 0 bridgehead atoms. The summed E-state index contributed by atoms with van der Waals surface area (Å²) in [4.78, 5) is 0. The summed E-state index contributed by atoms with van der Waals surface area (Å²) in [6, 6.07) is 34.2. The van der Waals surface area contributed by atoms with E-state index in [1.165, 1.54) is 54.4 Å². The number of fused-ring (bicyclic) bond motifs is 4. The Morgan fingerprint density at radius 1 is 0.537 bits per heavy atom. The molecule has 6 aromatic carbocycles. The number of nitrogens with zero attached hydrogens (tertiary/aromatic N) is 2. The van der Waals surface area contributed by atoms with Crippen molar-refractivity contribution in [2.45, 2.75) is 0 Å². The number of hydrogen-bond acceptors (Lipinski definition) is 1. The van der Waals surface area contributed by atoms with Gasteiger partial charge in [0, 0.05) is 10.9 Å². The molecule has 0 radical (unpaired) electrons. The van der Waals surface area contributed by atoms with Gasteiger partial charge in [-0.3, -0.25) is 0 Å². The van der Waals surface area contributed by atoms with E-state index in [9.17, 15) is 0 Å². The Morgan fingerprint density at radius 3 is 1.85 bits per heavy atom. The first kappa shape index (κ1) is 25.9. The van der Waals surface area contributed by atoms with Gasteiger partial charge in [0.15, 0.2) is 0 Å². The quantitative estimate of drug-likeness (QED) is 0.238. The van der Waals surface area contributed by atoms with E-state index in [0.29, 0.717) is 5.02 Å². The van der Waals surface area contributed by atoms with Gasteiger partial charge in [0.25, 0.3) is 0 Å². The minimum Gasteiger partial charge on any atom is -0.231 e. The Morgan fingerprint density at radius 2 is 1.12 bits per heavy atom. The van der Waals surface area contributed by atoms with Crippen molar-refractivity contribution in [3.8, 4) is 28.1 Å². The largest absolute Gasteiger partial charge is 0.231 e. The molecule has 0 saturated carbocycles. The summed E-state index contributed by atoms with van der Waals surface area (Å²) in [6.45, 7) is 0. The fraction of sp³-hybridized carbons (Fsp3) is 0. The average molecular weight is 540 g/mol. The lowest BCUT2D eigenvalue weighted by atomic mass is 9.60. The first-order chi connectivity index (χ1) is 19.9. The number of para-hydroxylation sites is 1. The Labute approximate surface area is 249 Å². The molecule has 0 atom stereocenters. The SMILES string of the molecule is Bc1c(B)c(B)c(-c2nn(-c3cccc(-c4cc5ccccc5c5ccccc45)c3Cl)c3ccccc23)c(B)c1B. The first-order valence-electron chi connectivity index (χ1n) is 14.1. The fourth-order valence-electron chi connectivity index (χ4n) is 6.46. The number of benzene rings is 6. The van der Waals surface area contributed by atoms with Crippen LogP contribution in [0, 0.1) is 0 Å². The van der Waals surface area contributed by atoms with Crippen molar-refractivity contribution in [1.29, 1.82) is 0 Å². The molecule has 2 nitrogen and oxygen atoms in total. The Bertz CT molecular complexity index is 2160. The van der Waals surface area contributed by atoms with Crippen LogP contribution in [-0.2, 0) is 0 Å². The molecule has 1 aromatic heterocycles. The van der Waals surface area contributed by atoms with Crippen LogP contribution in [0.1, 0.15) is 0 Å². The van der Waals surface area contributed by atoms with Gasteiger partial charge in [0.05, 0.1) is 21.9 Å². The predicted molar refractivity (Wildman–Crippen MR) is 193 cm³/mol. The molecule has 0 aliphatic heterocycles. The molecule has 41 heavy (non-hydrogen) atoms. The second kappa shape index (κ2) is 9.78. The van der Waals surface area contributed by atoms with Gasteiger partial charge in [0.1, 0.15) is 39.2 Å². The van der Waals surface area contributed by atoms with Crippen LogP contribution in [0.4, 0.5) is 0 Å². The molecule has 8 heteroatoms. The van der Waals surface area contributed by atoms with Gasteiger partial charge in [-0.1, -0.05) is 101 Å². The van der Waals surface area contributed by atoms with Crippen molar-refractivity contribution in [2.24, 2.45) is 0 Å². The zero-order valence-electron chi connectivity index (χ0n) is 24.0.